The summed E-state index contributed by atoms with van der Waals surface area (Å²) in [5.74, 6) is 1.06. The van der Waals surface area contributed by atoms with Gasteiger partial charge in [-0.15, -0.1) is 0 Å². The van der Waals surface area contributed by atoms with Gasteiger partial charge in [0.05, 0.1) is 12.6 Å². The van der Waals surface area contributed by atoms with Crippen LogP contribution in [-0.2, 0) is 17.6 Å². The van der Waals surface area contributed by atoms with E-state index in [4.69, 9.17) is 4.74 Å². The third-order valence-corrected chi connectivity index (χ3v) is 7.38. The Hall–Kier alpha value is -3.34. The average Bonchev–Trinajstić information content (AvgIpc) is 2.88. The van der Waals surface area contributed by atoms with Crippen molar-refractivity contribution in [3.8, 4) is 5.75 Å². The highest BCUT2D eigenvalue weighted by molar-refractivity contribution is 5.83. The molecule has 5 nitrogen and oxygen atoms in total. The minimum Gasteiger partial charge on any atom is -0.497 e. The summed E-state index contributed by atoms with van der Waals surface area (Å²) in [6.45, 7) is 6.26. The molecule has 2 atom stereocenters. The van der Waals surface area contributed by atoms with Crippen molar-refractivity contribution in [2.24, 2.45) is 11.8 Å². The van der Waals surface area contributed by atoms with Crippen molar-refractivity contribution < 1.29 is 14.6 Å². The summed E-state index contributed by atoms with van der Waals surface area (Å²) >= 11 is 0. The number of carboxylic acids is 1. The molecule has 2 aromatic carbocycles. The molecule has 3 aromatic rings. The van der Waals surface area contributed by atoms with Crippen molar-refractivity contribution in [2.45, 2.75) is 44.9 Å². The minimum absolute atomic E-state index is 0.231. The molecule has 1 aromatic heterocycles. The number of hydrogen-bond acceptors (Lipinski definition) is 4. The van der Waals surface area contributed by atoms with Gasteiger partial charge in [-0.2, -0.15) is 0 Å². The Morgan fingerprint density at radius 2 is 1.97 bits per heavy atom. The number of aliphatic carboxylic acids is 1. The van der Waals surface area contributed by atoms with Crippen LogP contribution in [0, 0.1) is 11.8 Å². The molecule has 1 N–H and O–H groups in total. The van der Waals surface area contributed by atoms with E-state index in [-0.39, 0.29) is 6.42 Å². The van der Waals surface area contributed by atoms with Gasteiger partial charge in [0.1, 0.15) is 5.75 Å². The van der Waals surface area contributed by atoms with E-state index in [0.717, 1.165) is 74.0 Å². The molecule has 0 aliphatic carbocycles. The standard InChI is InChI=1S/C30H36N2O3/c1-22(19-23-7-4-3-5-8-23)32-18-16-24(26(21-32)11-14-30(33)34)9-6-10-25-15-17-31-29-13-12-27(35-2)20-28(25)29/h3-5,7-8,12-13,15,17,20,24,26H,1,6,9-11,14,16,18-19,21H2,2H3,(H,33,34)/t24-,26+/m1/s1. The molecule has 0 unspecified atom stereocenters. The first kappa shape index (κ1) is 24.8. The van der Waals surface area contributed by atoms with Gasteiger partial charge in [-0.3, -0.25) is 9.78 Å². The van der Waals surface area contributed by atoms with E-state index in [1.54, 1.807) is 7.11 Å². The molecular weight excluding hydrogens is 436 g/mol. The maximum absolute atomic E-state index is 11.3. The molecule has 1 aliphatic rings. The molecule has 1 saturated heterocycles. The van der Waals surface area contributed by atoms with E-state index >= 15 is 0 Å². The van der Waals surface area contributed by atoms with Crippen LogP contribution in [0.2, 0.25) is 0 Å². The van der Waals surface area contributed by atoms with Crippen LogP contribution in [0.1, 0.15) is 43.2 Å². The maximum Gasteiger partial charge on any atom is 0.303 e. The summed E-state index contributed by atoms with van der Waals surface area (Å²) in [6, 6.07) is 18.6. The number of rotatable bonds is 11. The number of allylic oxidation sites excluding steroid dienone is 1. The summed E-state index contributed by atoms with van der Waals surface area (Å²) in [5.41, 5.74) is 4.69. The monoisotopic (exact) mass is 472 g/mol. The van der Waals surface area contributed by atoms with Crippen molar-refractivity contribution in [3.63, 3.8) is 0 Å². The predicted molar refractivity (Wildman–Crippen MR) is 141 cm³/mol. The van der Waals surface area contributed by atoms with Gasteiger partial charge < -0.3 is 14.7 Å². The molecule has 1 fully saturated rings. The van der Waals surface area contributed by atoms with Crippen LogP contribution < -0.4 is 4.74 Å². The molecule has 35 heavy (non-hydrogen) atoms. The van der Waals surface area contributed by atoms with E-state index in [1.807, 2.05) is 24.4 Å². The average molecular weight is 473 g/mol. The van der Waals surface area contributed by atoms with Gasteiger partial charge in [0, 0.05) is 43.2 Å². The van der Waals surface area contributed by atoms with Crippen molar-refractivity contribution in [2.75, 3.05) is 20.2 Å². The van der Waals surface area contributed by atoms with Gasteiger partial charge in [0.25, 0.3) is 0 Å². The fourth-order valence-electron chi connectivity index (χ4n) is 5.41. The number of hydrogen-bond donors (Lipinski definition) is 1. The third-order valence-electron chi connectivity index (χ3n) is 7.38. The Morgan fingerprint density at radius 1 is 1.14 bits per heavy atom. The van der Waals surface area contributed by atoms with Crippen molar-refractivity contribution in [3.05, 3.63) is 84.2 Å². The second kappa shape index (κ2) is 11.9. The number of piperidine rings is 1. The number of likely N-dealkylation sites (tertiary alicyclic amines) is 1. The Bertz CT molecular complexity index is 1140. The van der Waals surface area contributed by atoms with Gasteiger partial charge in [-0.05, 0) is 79.3 Å². The van der Waals surface area contributed by atoms with Crippen LogP contribution in [0.3, 0.4) is 0 Å². The summed E-state index contributed by atoms with van der Waals surface area (Å²) in [4.78, 5) is 18.2. The van der Waals surface area contributed by atoms with Gasteiger partial charge in [-0.1, -0.05) is 36.9 Å². The summed E-state index contributed by atoms with van der Waals surface area (Å²) < 4.78 is 5.42. The van der Waals surface area contributed by atoms with Crippen LogP contribution >= 0.6 is 0 Å². The second-order valence-electron chi connectivity index (χ2n) is 9.66. The second-order valence-corrected chi connectivity index (χ2v) is 9.66. The lowest BCUT2D eigenvalue weighted by molar-refractivity contribution is -0.137. The highest BCUT2D eigenvalue weighted by Crippen LogP contribution is 2.34. The number of aromatic nitrogens is 1. The summed E-state index contributed by atoms with van der Waals surface area (Å²) in [5, 5.41) is 10.5. The number of ether oxygens (including phenoxy) is 1. The molecule has 4 rings (SSSR count). The molecule has 0 bridgehead atoms. The van der Waals surface area contributed by atoms with E-state index in [0.29, 0.717) is 11.8 Å². The highest BCUT2D eigenvalue weighted by Gasteiger charge is 2.29. The summed E-state index contributed by atoms with van der Waals surface area (Å²) in [7, 11) is 1.69. The van der Waals surface area contributed by atoms with Gasteiger partial charge >= 0.3 is 5.97 Å². The van der Waals surface area contributed by atoms with Gasteiger partial charge in [-0.25, -0.2) is 0 Å². The zero-order chi connectivity index (χ0) is 24.6. The fourth-order valence-corrected chi connectivity index (χ4v) is 5.41. The molecule has 184 valence electrons. The normalized spacial score (nSPS) is 17.9. The van der Waals surface area contributed by atoms with E-state index < -0.39 is 5.97 Å². The number of fused-ring (bicyclic) bond motifs is 1. The maximum atomic E-state index is 11.3. The Labute approximate surface area is 208 Å². The topological polar surface area (TPSA) is 62.7 Å². The first-order chi connectivity index (χ1) is 17.0. The lowest BCUT2D eigenvalue weighted by Crippen LogP contribution is -2.40. The first-order valence-corrected chi connectivity index (χ1v) is 12.6. The molecule has 0 spiro atoms. The Kier molecular flexibility index (Phi) is 8.40. The molecular formula is C30H36N2O3. The number of nitrogens with zero attached hydrogens (tertiary/aromatic N) is 2. The van der Waals surface area contributed by atoms with Crippen molar-refractivity contribution in [1.82, 2.24) is 9.88 Å². The van der Waals surface area contributed by atoms with Crippen LogP contribution in [0.5, 0.6) is 5.75 Å². The smallest absolute Gasteiger partial charge is 0.303 e. The lowest BCUT2D eigenvalue weighted by atomic mass is 9.79. The number of pyridine rings is 1. The lowest BCUT2D eigenvalue weighted by Gasteiger charge is -2.41. The quantitative estimate of drug-likeness (QED) is 0.364. The zero-order valence-corrected chi connectivity index (χ0v) is 20.7. The summed E-state index contributed by atoms with van der Waals surface area (Å²) in [6.07, 6.45) is 7.94. The Balaban J connectivity index is 1.38. The molecule has 2 heterocycles. The number of aryl methyl sites for hydroxylation is 1. The number of carbonyl (C=O) groups is 1. The van der Waals surface area contributed by atoms with Crippen molar-refractivity contribution >= 4 is 16.9 Å². The molecule has 5 heteroatoms. The first-order valence-electron chi connectivity index (χ1n) is 12.6. The molecule has 1 aliphatic heterocycles. The number of benzene rings is 2. The largest absolute Gasteiger partial charge is 0.497 e. The number of carboxylic acid groups (broad SMARTS) is 1. The van der Waals surface area contributed by atoms with Crippen LogP contribution in [0.4, 0.5) is 0 Å². The van der Waals surface area contributed by atoms with E-state index in [9.17, 15) is 9.90 Å². The third kappa shape index (κ3) is 6.62. The SMILES string of the molecule is C=C(Cc1ccccc1)N1CC[C@@H](CCCc2ccnc3ccc(OC)cc23)[C@@H](CCC(=O)O)C1. The minimum atomic E-state index is -0.707. The zero-order valence-electron chi connectivity index (χ0n) is 20.7. The van der Waals surface area contributed by atoms with Gasteiger partial charge in [0.15, 0.2) is 0 Å². The molecule has 0 radical (unpaired) electrons. The van der Waals surface area contributed by atoms with Crippen molar-refractivity contribution in [1.29, 1.82) is 0 Å². The molecule has 0 amide bonds. The predicted octanol–water partition coefficient (Wildman–Crippen LogP) is 6.13. The van der Waals surface area contributed by atoms with E-state index in [2.05, 4.69) is 52.9 Å². The highest BCUT2D eigenvalue weighted by atomic mass is 16.5. The number of methoxy groups -OCH3 is 1. The van der Waals surface area contributed by atoms with Crippen LogP contribution in [0.25, 0.3) is 10.9 Å². The fraction of sp³-hybridized carbons (Fsp3) is 0.400. The van der Waals surface area contributed by atoms with Crippen LogP contribution in [0.15, 0.2) is 73.1 Å². The van der Waals surface area contributed by atoms with Crippen LogP contribution in [-0.4, -0.2) is 41.2 Å². The van der Waals surface area contributed by atoms with Gasteiger partial charge in [0.2, 0.25) is 0 Å². The Morgan fingerprint density at radius 3 is 2.74 bits per heavy atom. The molecule has 0 saturated carbocycles. The van der Waals surface area contributed by atoms with E-state index in [1.165, 1.54) is 11.1 Å².